The lowest BCUT2D eigenvalue weighted by Gasteiger charge is -2.11. The van der Waals surface area contributed by atoms with E-state index < -0.39 is 5.91 Å². The normalized spacial score (nSPS) is 10.5. The van der Waals surface area contributed by atoms with E-state index in [1.54, 1.807) is 0 Å². The second-order valence-corrected chi connectivity index (χ2v) is 6.77. The molecule has 0 unspecified atom stereocenters. The van der Waals surface area contributed by atoms with Crippen molar-refractivity contribution in [1.82, 2.24) is 9.97 Å². The van der Waals surface area contributed by atoms with Gasteiger partial charge in [0, 0.05) is 23.5 Å². The highest BCUT2D eigenvalue weighted by molar-refractivity contribution is 7.99. The topological polar surface area (TPSA) is 98.0 Å². The largest absolute Gasteiger partial charge is 0.369 e. The lowest BCUT2D eigenvalue weighted by atomic mass is 10.1. The van der Waals surface area contributed by atoms with Crippen LogP contribution in [0.2, 0.25) is 0 Å². The van der Waals surface area contributed by atoms with Crippen LogP contribution >= 0.6 is 11.8 Å². The summed E-state index contributed by atoms with van der Waals surface area (Å²) in [6.07, 6.45) is 0.919. The van der Waals surface area contributed by atoms with Crippen molar-refractivity contribution < 1.29 is 9.59 Å². The SMILES string of the molecule is Cc1ccc(NC(=O)CCc2c(C)nc(SCC(N)=O)nc2C)cc1. The maximum Gasteiger partial charge on any atom is 0.227 e. The molecule has 2 aromatic rings. The Labute approximate surface area is 151 Å². The third kappa shape index (κ3) is 5.86. The zero-order valence-corrected chi connectivity index (χ0v) is 15.4. The van der Waals surface area contributed by atoms with E-state index in [1.165, 1.54) is 11.8 Å². The second kappa shape index (κ2) is 8.62. The third-order valence-electron chi connectivity index (χ3n) is 3.68. The molecule has 7 heteroatoms. The fraction of sp³-hybridized carbons (Fsp3) is 0.333. The summed E-state index contributed by atoms with van der Waals surface area (Å²) in [6.45, 7) is 5.77. The van der Waals surface area contributed by atoms with Crippen molar-refractivity contribution in [1.29, 1.82) is 0 Å². The van der Waals surface area contributed by atoms with Gasteiger partial charge in [-0.2, -0.15) is 0 Å². The van der Waals surface area contributed by atoms with Crippen LogP contribution in [-0.2, 0) is 16.0 Å². The number of aromatic nitrogens is 2. The van der Waals surface area contributed by atoms with Crippen LogP contribution in [0.15, 0.2) is 29.4 Å². The van der Waals surface area contributed by atoms with Crippen LogP contribution in [0.4, 0.5) is 5.69 Å². The summed E-state index contributed by atoms with van der Waals surface area (Å²) in [5.41, 5.74) is 9.68. The number of benzene rings is 1. The number of primary amides is 1. The molecule has 2 rings (SSSR count). The Balaban J connectivity index is 1.96. The molecule has 0 saturated heterocycles. The van der Waals surface area contributed by atoms with Gasteiger partial charge in [0.05, 0.1) is 5.75 Å². The number of nitrogens with zero attached hydrogens (tertiary/aromatic N) is 2. The lowest BCUT2D eigenvalue weighted by molar-refractivity contribution is -0.116. The molecule has 0 aliphatic rings. The minimum Gasteiger partial charge on any atom is -0.369 e. The Kier molecular flexibility index (Phi) is 6.52. The fourth-order valence-corrected chi connectivity index (χ4v) is 3.04. The maximum absolute atomic E-state index is 12.1. The number of amides is 2. The molecule has 0 aliphatic carbocycles. The van der Waals surface area contributed by atoms with Gasteiger partial charge in [0.25, 0.3) is 0 Å². The average Bonchev–Trinajstić information content (AvgIpc) is 2.54. The smallest absolute Gasteiger partial charge is 0.227 e. The van der Waals surface area contributed by atoms with E-state index in [-0.39, 0.29) is 11.7 Å². The zero-order chi connectivity index (χ0) is 18.4. The van der Waals surface area contributed by atoms with Gasteiger partial charge in [-0.25, -0.2) is 9.97 Å². The van der Waals surface area contributed by atoms with Crippen LogP contribution in [-0.4, -0.2) is 27.5 Å². The van der Waals surface area contributed by atoms with Crippen LogP contribution in [0.3, 0.4) is 0 Å². The van der Waals surface area contributed by atoms with Crippen molar-refractivity contribution in [2.45, 2.75) is 38.8 Å². The number of thioether (sulfide) groups is 1. The van der Waals surface area contributed by atoms with Gasteiger partial charge in [0.2, 0.25) is 11.8 Å². The number of anilines is 1. The summed E-state index contributed by atoms with van der Waals surface area (Å²) in [4.78, 5) is 31.8. The standard InChI is InChI=1S/C18H22N4O2S/c1-11-4-6-14(7-5-11)22-17(24)9-8-15-12(2)20-18(21-13(15)3)25-10-16(19)23/h4-7H,8-10H2,1-3H3,(H2,19,23)(H,22,24). The summed E-state index contributed by atoms with van der Waals surface area (Å²) in [5, 5.41) is 3.42. The number of carbonyl (C=O) groups excluding carboxylic acids is 2. The van der Waals surface area contributed by atoms with Gasteiger partial charge in [-0.3, -0.25) is 9.59 Å². The highest BCUT2D eigenvalue weighted by Gasteiger charge is 2.12. The zero-order valence-electron chi connectivity index (χ0n) is 14.6. The van der Waals surface area contributed by atoms with E-state index >= 15 is 0 Å². The molecule has 0 spiro atoms. The van der Waals surface area contributed by atoms with Crippen molar-refractivity contribution in [2.24, 2.45) is 5.73 Å². The highest BCUT2D eigenvalue weighted by atomic mass is 32.2. The van der Waals surface area contributed by atoms with E-state index in [1.807, 2.05) is 45.0 Å². The Morgan fingerprint density at radius 2 is 1.68 bits per heavy atom. The first-order chi connectivity index (χ1) is 11.8. The van der Waals surface area contributed by atoms with Crippen molar-refractivity contribution >= 4 is 29.3 Å². The third-order valence-corrected chi connectivity index (χ3v) is 4.55. The highest BCUT2D eigenvalue weighted by Crippen LogP contribution is 2.19. The monoisotopic (exact) mass is 358 g/mol. The quantitative estimate of drug-likeness (QED) is 0.585. The van der Waals surface area contributed by atoms with Gasteiger partial charge >= 0.3 is 0 Å². The van der Waals surface area contributed by atoms with Gasteiger partial charge in [-0.1, -0.05) is 29.5 Å². The number of carbonyl (C=O) groups is 2. The first-order valence-electron chi connectivity index (χ1n) is 7.97. The van der Waals surface area contributed by atoms with Gasteiger partial charge < -0.3 is 11.1 Å². The summed E-state index contributed by atoms with van der Waals surface area (Å²) in [7, 11) is 0. The molecule has 0 saturated carbocycles. The van der Waals surface area contributed by atoms with Crippen LogP contribution in [0.5, 0.6) is 0 Å². The van der Waals surface area contributed by atoms with E-state index in [2.05, 4.69) is 15.3 Å². The van der Waals surface area contributed by atoms with Crippen LogP contribution in [0.25, 0.3) is 0 Å². The predicted octanol–water partition coefficient (Wildman–Crippen LogP) is 2.55. The Morgan fingerprint density at radius 3 is 2.24 bits per heavy atom. The molecule has 0 radical (unpaired) electrons. The molecule has 6 nitrogen and oxygen atoms in total. The molecule has 1 heterocycles. The number of nitrogens with two attached hydrogens (primary N) is 1. The first kappa shape index (κ1) is 18.9. The predicted molar refractivity (Wildman–Crippen MR) is 99.6 cm³/mol. The van der Waals surface area contributed by atoms with E-state index in [0.717, 1.165) is 28.2 Å². The maximum atomic E-state index is 12.1. The van der Waals surface area contributed by atoms with Crippen LogP contribution in [0, 0.1) is 20.8 Å². The van der Waals surface area contributed by atoms with Crippen molar-refractivity contribution in [3.8, 4) is 0 Å². The Morgan fingerprint density at radius 1 is 1.08 bits per heavy atom. The molecule has 0 bridgehead atoms. The number of aryl methyl sites for hydroxylation is 3. The van der Waals surface area contributed by atoms with Crippen LogP contribution < -0.4 is 11.1 Å². The van der Waals surface area contributed by atoms with E-state index in [4.69, 9.17) is 5.73 Å². The Hall–Kier alpha value is -2.41. The number of rotatable bonds is 7. The summed E-state index contributed by atoms with van der Waals surface area (Å²) in [5.74, 6) is -0.299. The molecule has 0 aliphatic heterocycles. The average molecular weight is 358 g/mol. The number of hydrogen-bond acceptors (Lipinski definition) is 5. The number of hydrogen-bond donors (Lipinski definition) is 2. The lowest BCUT2D eigenvalue weighted by Crippen LogP contribution is -2.15. The molecule has 3 N–H and O–H groups in total. The summed E-state index contributed by atoms with van der Waals surface area (Å²) >= 11 is 1.22. The second-order valence-electron chi connectivity index (χ2n) is 5.82. The van der Waals surface area contributed by atoms with E-state index in [0.29, 0.717) is 18.0 Å². The minimum absolute atomic E-state index is 0.0465. The number of nitrogens with one attached hydrogen (secondary N) is 1. The summed E-state index contributed by atoms with van der Waals surface area (Å²) in [6, 6.07) is 7.69. The molecule has 1 aromatic carbocycles. The van der Waals surface area contributed by atoms with Crippen molar-refractivity contribution in [3.05, 3.63) is 46.8 Å². The molecular formula is C18H22N4O2S. The van der Waals surface area contributed by atoms with E-state index in [9.17, 15) is 9.59 Å². The van der Waals surface area contributed by atoms with Gasteiger partial charge in [0.15, 0.2) is 5.16 Å². The van der Waals surface area contributed by atoms with Crippen molar-refractivity contribution in [3.63, 3.8) is 0 Å². The Bertz CT molecular complexity index is 752. The molecule has 2 amide bonds. The van der Waals surface area contributed by atoms with Gasteiger partial charge in [0.1, 0.15) is 0 Å². The first-order valence-corrected chi connectivity index (χ1v) is 8.95. The fourth-order valence-electron chi connectivity index (χ4n) is 2.37. The molecule has 1 aromatic heterocycles. The molecule has 0 fully saturated rings. The van der Waals surface area contributed by atoms with Crippen LogP contribution in [0.1, 0.15) is 28.9 Å². The molecule has 132 valence electrons. The van der Waals surface area contributed by atoms with Crippen molar-refractivity contribution in [2.75, 3.05) is 11.1 Å². The summed E-state index contributed by atoms with van der Waals surface area (Å²) < 4.78 is 0. The molecular weight excluding hydrogens is 336 g/mol. The molecule has 25 heavy (non-hydrogen) atoms. The van der Waals surface area contributed by atoms with Gasteiger partial charge in [-0.05, 0) is 44.9 Å². The van der Waals surface area contributed by atoms with Gasteiger partial charge in [-0.15, -0.1) is 0 Å². The molecule has 0 atom stereocenters. The minimum atomic E-state index is -0.402.